The van der Waals surface area contributed by atoms with Gasteiger partial charge in [-0.05, 0) is 60.9 Å². The first kappa shape index (κ1) is 20.4. The van der Waals surface area contributed by atoms with Crippen molar-refractivity contribution in [2.75, 3.05) is 14.2 Å². The van der Waals surface area contributed by atoms with Crippen molar-refractivity contribution in [2.24, 2.45) is 0 Å². The summed E-state index contributed by atoms with van der Waals surface area (Å²) in [6, 6.07) is 9.51. The summed E-state index contributed by atoms with van der Waals surface area (Å²) in [5.41, 5.74) is 3.24. The lowest BCUT2D eigenvalue weighted by molar-refractivity contribution is 0.296. The highest BCUT2D eigenvalue weighted by molar-refractivity contribution is 7.98. The molecule has 0 atom stereocenters. The molecule has 0 amide bonds. The predicted molar refractivity (Wildman–Crippen MR) is 111 cm³/mol. The second-order valence-corrected chi connectivity index (χ2v) is 7.54. The molecule has 148 valence electrons. The molecule has 0 bridgehead atoms. The van der Waals surface area contributed by atoms with Gasteiger partial charge in [0, 0.05) is 10.8 Å². The molecule has 3 aromatic rings. The number of H-pyrrole nitrogens is 1. The number of nitrogens with zero attached hydrogens (tertiary/aromatic N) is 2. The molecule has 8 heteroatoms. The summed E-state index contributed by atoms with van der Waals surface area (Å²) in [4.78, 5) is 4.48. The monoisotopic (exact) mass is 419 g/mol. The van der Waals surface area contributed by atoms with Crippen LogP contribution in [-0.2, 0) is 12.4 Å². The maximum atomic E-state index is 6.03. The lowest BCUT2D eigenvalue weighted by atomic mass is 10.1. The highest BCUT2D eigenvalue weighted by Gasteiger charge is 2.11. The van der Waals surface area contributed by atoms with Gasteiger partial charge in [0.25, 0.3) is 0 Å². The average Bonchev–Trinajstić information content (AvgIpc) is 3.15. The van der Waals surface area contributed by atoms with Gasteiger partial charge in [0.2, 0.25) is 5.16 Å². The van der Waals surface area contributed by atoms with Gasteiger partial charge in [-0.15, -0.1) is 5.10 Å². The van der Waals surface area contributed by atoms with Crippen LogP contribution in [0.1, 0.15) is 22.5 Å². The van der Waals surface area contributed by atoms with Crippen molar-refractivity contribution in [3.63, 3.8) is 0 Å². The van der Waals surface area contributed by atoms with Crippen molar-refractivity contribution in [1.82, 2.24) is 15.2 Å². The van der Waals surface area contributed by atoms with Crippen LogP contribution in [0.5, 0.6) is 17.2 Å². The first-order chi connectivity index (χ1) is 13.5. The van der Waals surface area contributed by atoms with E-state index in [1.165, 1.54) is 0 Å². The highest BCUT2D eigenvalue weighted by atomic mass is 35.5. The van der Waals surface area contributed by atoms with E-state index in [0.29, 0.717) is 23.3 Å². The zero-order chi connectivity index (χ0) is 20.1. The first-order valence-corrected chi connectivity index (χ1v) is 10.0. The molecule has 0 aliphatic carbocycles. The van der Waals surface area contributed by atoms with Gasteiger partial charge in [-0.3, -0.25) is 5.10 Å². The Kier molecular flexibility index (Phi) is 6.70. The Bertz CT molecular complexity index is 962. The first-order valence-electron chi connectivity index (χ1n) is 8.64. The van der Waals surface area contributed by atoms with Gasteiger partial charge in [-0.2, -0.15) is 0 Å². The van der Waals surface area contributed by atoms with Gasteiger partial charge < -0.3 is 14.2 Å². The van der Waals surface area contributed by atoms with Crippen LogP contribution in [0.4, 0.5) is 0 Å². The molecule has 1 aromatic heterocycles. The third-order valence-electron chi connectivity index (χ3n) is 4.22. The summed E-state index contributed by atoms with van der Waals surface area (Å²) >= 11 is 7.58. The third kappa shape index (κ3) is 4.91. The van der Waals surface area contributed by atoms with Gasteiger partial charge in [-0.25, -0.2) is 4.98 Å². The second kappa shape index (κ2) is 9.21. The standard InChI is InChI=1S/C20H22ClN3O3S/c1-12-8-17(25-3)18(26-4)9-14(12)11-28-20-22-19(23-24-20)10-27-15-5-6-16(21)13(2)7-15/h5-9H,10-11H2,1-4H3,(H,22,23,24). The molecule has 1 N–H and O–H groups in total. The van der Waals surface area contributed by atoms with Crippen molar-refractivity contribution < 1.29 is 14.2 Å². The predicted octanol–water partition coefficient (Wildman–Crippen LogP) is 4.96. The van der Waals surface area contributed by atoms with Crippen LogP contribution < -0.4 is 14.2 Å². The number of rotatable bonds is 8. The second-order valence-electron chi connectivity index (χ2n) is 6.19. The summed E-state index contributed by atoms with van der Waals surface area (Å²) in [7, 11) is 3.27. The molecule has 0 radical (unpaired) electrons. The Morgan fingerprint density at radius 1 is 1.04 bits per heavy atom. The van der Waals surface area contributed by atoms with E-state index in [0.717, 1.165) is 39.0 Å². The molecular weight excluding hydrogens is 398 g/mol. The highest BCUT2D eigenvalue weighted by Crippen LogP contribution is 2.32. The number of hydrogen-bond acceptors (Lipinski definition) is 6. The van der Waals surface area contributed by atoms with Gasteiger partial charge in [0.1, 0.15) is 12.4 Å². The maximum Gasteiger partial charge on any atom is 0.208 e. The fourth-order valence-corrected chi connectivity index (χ4v) is 3.58. The number of thioether (sulfide) groups is 1. The van der Waals surface area contributed by atoms with Gasteiger partial charge in [0.15, 0.2) is 17.3 Å². The van der Waals surface area contributed by atoms with Crippen molar-refractivity contribution in [3.05, 3.63) is 57.9 Å². The fourth-order valence-electron chi connectivity index (χ4n) is 2.59. The minimum absolute atomic E-state index is 0.310. The number of benzene rings is 2. The van der Waals surface area contributed by atoms with Gasteiger partial charge >= 0.3 is 0 Å². The Morgan fingerprint density at radius 3 is 2.50 bits per heavy atom. The number of hydrogen-bond donors (Lipinski definition) is 1. The number of ether oxygens (including phenoxy) is 3. The summed E-state index contributed by atoms with van der Waals surface area (Å²) < 4.78 is 16.5. The number of aromatic amines is 1. The van der Waals surface area contributed by atoms with Crippen molar-refractivity contribution in [1.29, 1.82) is 0 Å². The Morgan fingerprint density at radius 2 is 1.79 bits per heavy atom. The number of halogens is 1. The molecule has 2 aromatic carbocycles. The van der Waals surface area contributed by atoms with Crippen molar-refractivity contribution in [2.45, 2.75) is 31.4 Å². The molecule has 3 rings (SSSR count). The van der Waals surface area contributed by atoms with E-state index in [-0.39, 0.29) is 0 Å². The number of methoxy groups -OCH3 is 2. The van der Waals surface area contributed by atoms with Crippen LogP contribution in [0, 0.1) is 13.8 Å². The van der Waals surface area contributed by atoms with Gasteiger partial charge in [-0.1, -0.05) is 23.4 Å². The molecule has 0 unspecified atom stereocenters. The zero-order valence-electron chi connectivity index (χ0n) is 16.2. The molecule has 0 spiro atoms. The molecular formula is C20H22ClN3O3S. The summed E-state index contributed by atoms with van der Waals surface area (Å²) in [6.07, 6.45) is 0. The Balaban J connectivity index is 1.59. The SMILES string of the molecule is COc1cc(C)c(CSc2n[nH]c(COc3ccc(Cl)c(C)c3)n2)cc1OC. The number of aryl methyl sites for hydroxylation is 2. The normalized spacial score (nSPS) is 10.8. The third-order valence-corrected chi connectivity index (χ3v) is 5.54. The van der Waals surface area contributed by atoms with Crippen LogP contribution in [0.3, 0.4) is 0 Å². The van der Waals surface area contributed by atoms with Crippen molar-refractivity contribution in [3.8, 4) is 17.2 Å². The quantitative estimate of drug-likeness (QED) is 0.520. The molecule has 0 fully saturated rings. The van der Waals surface area contributed by atoms with Gasteiger partial charge in [0.05, 0.1) is 14.2 Å². The smallest absolute Gasteiger partial charge is 0.208 e. The van der Waals surface area contributed by atoms with Crippen LogP contribution in [-0.4, -0.2) is 29.4 Å². The maximum absolute atomic E-state index is 6.03. The number of aromatic nitrogens is 3. The molecule has 0 saturated heterocycles. The summed E-state index contributed by atoms with van der Waals surface area (Å²) in [5.74, 6) is 3.57. The van der Waals surface area contributed by atoms with E-state index in [4.69, 9.17) is 25.8 Å². The van der Waals surface area contributed by atoms with Crippen LogP contribution in [0.15, 0.2) is 35.5 Å². The molecule has 6 nitrogen and oxygen atoms in total. The number of nitrogens with one attached hydrogen (secondary N) is 1. The average molecular weight is 420 g/mol. The van der Waals surface area contributed by atoms with E-state index in [2.05, 4.69) is 15.2 Å². The summed E-state index contributed by atoms with van der Waals surface area (Å²) in [6.45, 7) is 4.29. The van der Waals surface area contributed by atoms with E-state index < -0.39 is 0 Å². The van der Waals surface area contributed by atoms with Crippen LogP contribution in [0.2, 0.25) is 5.02 Å². The Hall–Kier alpha value is -2.38. The molecule has 28 heavy (non-hydrogen) atoms. The van der Waals surface area contributed by atoms with E-state index in [9.17, 15) is 0 Å². The lowest BCUT2D eigenvalue weighted by Gasteiger charge is -2.12. The van der Waals surface area contributed by atoms with Crippen LogP contribution >= 0.6 is 23.4 Å². The fraction of sp³-hybridized carbons (Fsp3) is 0.300. The van der Waals surface area contributed by atoms with E-state index >= 15 is 0 Å². The molecule has 0 saturated carbocycles. The van der Waals surface area contributed by atoms with Crippen molar-refractivity contribution >= 4 is 23.4 Å². The molecule has 0 aliphatic rings. The van der Waals surface area contributed by atoms with Crippen LogP contribution in [0.25, 0.3) is 0 Å². The minimum atomic E-state index is 0.310. The largest absolute Gasteiger partial charge is 0.493 e. The summed E-state index contributed by atoms with van der Waals surface area (Å²) in [5, 5.41) is 8.55. The topological polar surface area (TPSA) is 69.3 Å². The van der Waals surface area contributed by atoms with E-state index in [1.54, 1.807) is 26.0 Å². The lowest BCUT2D eigenvalue weighted by Crippen LogP contribution is -1.98. The Labute approximate surface area is 173 Å². The molecule has 1 heterocycles. The van der Waals surface area contributed by atoms with E-state index in [1.807, 2.05) is 44.2 Å². The molecule has 0 aliphatic heterocycles. The minimum Gasteiger partial charge on any atom is -0.493 e. The zero-order valence-corrected chi connectivity index (χ0v) is 17.8.